The van der Waals surface area contributed by atoms with Crippen LogP contribution in [0.4, 0.5) is 5.69 Å². The van der Waals surface area contributed by atoms with Gasteiger partial charge < -0.3 is 15.0 Å². The van der Waals surface area contributed by atoms with E-state index in [-0.39, 0.29) is 0 Å². The third-order valence-corrected chi connectivity index (χ3v) is 6.58. The summed E-state index contributed by atoms with van der Waals surface area (Å²) in [5.74, 6) is 2.14. The average Bonchev–Trinajstić information content (AvgIpc) is 3.24. The molecule has 1 N–H and O–H groups in total. The SMILES string of the molecule is COc1cc(C(C)C)ccc1-c1cc2c3c(c1)[C@H]1CNCC[C@H]1N3CC2. The number of ether oxygens (including phenoxy) is 1. The Hall–Kier alpha value is -2.00. The van der Waals surface area contributed by atoms with Crippen molar-refractivity contribution in [3.05, 3.63) is 47.0 Å². The lowest BCUT2D eigenvalue weighted by Gasteiger charge is -2.32. The summed E-state index contributed by atoms with van der Waals surface area (Å²) < 4.78 is 5.78. The lowest BCUT2D eigenvalue weighted by Crippen LogP contribution is -2.43. The normalized spacial score (nSPS) is 23.3. The standard InChI is InChI=1S/C23H28N2O/c1-14(2)15-4-5-18(22(12-15)26-3)17-10-16-7-9-25-21-6-8-24-13-20(21)19(11-17)23(16)25/h4-5,10-12,14,20-21,24H,6-9,13H2,1-3H3/t20-,21-/m1/s1. The molecule has 136 valence electrons. The van der Waals surface area contributed by atoms with Gasteiger partial charge in [-0.2, -0.15) is 0 Å². The summed E-state index contributed by atoms with van der Waals surface area (Å²) in [5, 5.41) is 3.61. The fourth-order valence-electron chi connectivity index (χ4n) is 5.22. The number of nitrogens with zero attached hydrogens (tertiary/aromatic N) is 1. The van der Waals surface area contributed by atoms with Gasteiger partial charge in [-0.3, -0.25) is 0 Å². The zero-order valence-corrected chi connectivity index (χ0v) is 16.0. The van der Waals surface area contributed by atoms with Crippen LogP contribution in [0.25, 0.3) is 11.1 Å². The maximum atomic E-state index is 5.78. The molecule has 0 aliphatic carbocycles. The zero-order chi connectivity index (χ0) is 17.8. The number of rotatable bonds is 3. The Bertz CT molecular complexity index is 858. The first-order valence-electron chi connectivity index (χ1n) is 10.00. The van der Waals surface area contributed by atoms with Crippen LogP contribution in [0.1, 0.15) is 48.8 Å². The minimum atomic E-state index is 0.512. The van der Waals surface area contributed by atoms with E-state index in [9.17, 15) is 0 Å². The lowest BCUT2D eigenvalue weighted by atomic mass is 9.86. The van der Waals surface area contributed by atoms with Crippen LogP contribution in [-0.2, 0) is 6.42 Å². The minimum Gasteiger partial charge on any atom is -0.496 e. The van der Waals surface area contributed by atoms with Crippen LogP contribution in [0.15, 0.2) is 30.3 Å². The van der Waals surface area contributed by atoms with Gasteiger partial charge in [-0.25, -0.2) is 0 Å². The smallest absolute Gasteiger partial charge is 0.126 e. The number of hydrogen-bond acceptors (Lipinski definition) is 3. The molecular weight excluding hydrogens is 320 g/mol. The highest BCUT2D eigenvalue weighted by molar-refractivity contribution is 5.80. The van der Waals surface area contributed by atoms with Gasteiger partial charge in [-0.1, -0.05) is 26.0 Å². The molecule has 0 saturated carbocycles. The van der Waals surface area contributed by atoms with Gasteiger partial charge in [-0.15, -0.1) is 0 Å². The van der Waals surface area contributed by atoms with Gasteiger partial charge in [-0.05, 0) is 65.8 Å². The largest absolute Gasteiger partial charge is 0.496 e. The predicted octanol–water partition coefficient (Wildman–Crippen LogP) is 4.31. The lowest BCUT2D eigenvalue weighted by molar-refractivity contribution is 0.405. The van der Waals surface area contributed by atoms with Crippen molar-refractivity contribution in [1.82, 2.24) is 5.32 Å². The first-order chi connectivity index (χ1) is 12.7. The molecule has 0 amide bonds. The van der Waals surface area contributed by atoms with Crippen molar-refractivity contribution in [3.8, 4) is 16.9 Å². The number of fused-ring (bicyclic) bond motifs is 3. The second kappa shape index (κ2) is 6.02. The highest BCUT2D eigenvalue weighted by Gasteiger charge is 2.43. The molecule has 3 heterocycles. The van der Waals surface area contributed by atoms with E-state index in [0.717, 1.165) is 18.8 Å². The Morgan fingerprint density at radius 3 is 2.88 bits per heavy atom. The van der Waals surface area contributed by atoms with E-state index < -0.39 is 0 Å². The molecule has 0 bridgehead atoms. The van der Waals surface area contributed by atoms with Crippen molar-refractivity contribution >= 4 is 5.69 Å². The van der Waals surface area contributed by atoms with E-state index in [1.165, 1.54) is 41.6 Å². The topological polar surface area (TPSA) is 24.5 Å². The van der Waals surface area contributed by atoms with E-state index in [0.29, 0.717) is 17.9 Å². The van der Waals surface area contributed by atoms with Crippen LogP contribution in [-0.4, -0.2) is 32.8 Å². The highest BCUT2D eigenvalue weighted by Crippen LogP contribution is 2.50. The predicted molar refractivity (Wildman–Crippen MR) is 108 cm³/mol. The monoisotopic (exact) mass is 348 g/mol. The molecule has 2 aromatic rings. The second-order valence-electron chi connectivity index (χ2n) is 8.30. The Morgan fingerprint density at radius 2 is 2.08 bits per heavy atom. The van der Waals surface area contributed by atoms with Crippen molar-refractivity contribution in [3.63, 3.8) is 0 Å². The average molecular weight is 348 g/mol. The van der Waals surface area contributed by atoms with E-state index in [2.05, 4.69) is 54.4 Å². The molecular formula is C23H28N2O. The molecule has 0 aromatic heterocycles. The highest BCUT2D eigenvalue weighted by atomic mass is 16.5. The summed E-state index contributed by atoms with van der Waals surface area (Å²) in [6.07, 6.45) is 2.44. The third kappa shape index (κ3) is 2.30. The van der Waals surface area contributed by atoms with Crippen LogP contribution >= 0.6 is 0 Å². The number of methoxy groups -OCH3 is 1. The van der Waals surface area contributed by atoms with Gasteiger partial charge in [0.15, 0.2) is 0 Å². The van der Waals surface area contributed by atoms with Gasteiger partial charge >= 0.3 is 0 Å². The van der Waals surface area contributed by atoms with Crippen LogP contribution < -0.4 is 15.0 Å². The molecule has 3 aliphatic rings. The number of benzene rings is 2. The van der Waals surface area contributed by atoms with Gasteiger partial charge in [0.25, 0.3) is 0 Å². The first kappa shape index (κ1) is 16.2. The fraction of sp³-hybridized carbons (Fsp3) is 0.478. The summed E-state index contributed by atoms with van der Waals surface area (Å²) in [6, 6.07) is 12.3. The summed E-state index contributed by atoms with van der Waals surface area (Å²) in [6.45, 7) is 7.92. The fourth-order valence-corrected chi connectivity index (χ4v) is 5.22. The van der Waals surface area contributed by atoms with Crippen LogP contribution in [0, 0.1) is 0 Å². The first-order valence-corrected chi connectivity index (χ1v) is 10.00. The molecule has 26 heavy (non-hydrogen) atoms. The van der Waals surface area contributed by atoms with Crippen LogP contribution in [0.2, 0.25) is 0 Å². The molecule has 3 nitrogen and oxygen atoms in total. The third-order valence-electron chi connectivity index (χ3n) is 6.58. The summed E-state index contributed by atoms with van der Waals surface area (Å²) in [5.41, 5.74) is 8.51. The molecule has 0 unspecified atom stereocenters. The number of anilines is 1. The van der Waals surface area contributed by atoms with Crippen LogP contribution in [0.3, 0.4) is 0 Å². The Morgan fingerprint density at radius 1 is 1.19 bits per heavy atom. The van der Waals surface area contributed by atoms with Gasteiger partial charge in [0.2, 0.25) is 0 Å². The van der Waals surface area contributed by atoms with Crippen molar-refractivity contribution in [1.29, 1.82) is 0 Å². The Labute approximate surface area is 156 Å². The zero-order valence-electron chi connectivity index (χ0n) is 16.0. The molecule has 3 aliphatic heterocycles. The van der Waals surface area contributed by atoms with E-state index in [1.54, 1.807) is 18.4 Å². The summed E-state index contributed by atoms with van der Waals surface area (Å²) in [4.78, 5) is 2.69. The molecule has 0 radical (unpaired) electrons. The van der Waals surface area contributed by atoms with Gasteiger partial charge in [0.1, 0.15) is 5.75 Å². The molecule has 1 fully saturated rings. The van der Waals surface area contributed by atoms with Crippen molar-refractivity contribution in [2.45, 2.75) is 44.6 Å². The van der Waals surface area contributed by atoms with Crippen molar-refractivity contribution < 1.29 is 4.74 Å². The Balaban J connectivity index is 1.63. The van der Waals surface area contributed by atoms with E-state index in [1.807, 2.05) is 0 Å². The molecule has 2 atom stereocenters. The minimum absolute atomic E-state index is 0.512. The van der Waals surface area contributed by atoms with Gasteiger partial charge in [0, 0.05) is 36.3 Å². The maximum absolute atomic E-state index is 5.78. The Kier molecular flexibility index (Phi) is 3.75. The van der Waals surface area contributed by atoms with Crippen molar-refractivity contribution in [2.75, 3.05) is 31.6 Å². The number of hydrogen-bond donors (Lipinski definition) is 1. The summed E-state index contributed by atoms with van der Waals surface area (Å²) >= 11 is 0. The summed E-state index contributed by atoms with van der Waals surface area (Å²) in [7, 11) is 1.79. The maximum Gasteiger partial charge on any atom is 0.126 e. The molecule has 0 spiro atoms. The van der Waals surface area contributed by atoms with Crippen LogP contribution in [0.5, 0.6) is 5.75 Å². The van der Waals surface area contributed by atoms with Gasteiger partial charge in [0.05, 0.1) is 7.11 Å². The second-order valence-corrected chi connectivity index (χ2v) is 8.30. The molecule has 2 aromatic carbocycles. The number of nitrogens with one attached hydrogen (secondary N) is 1. The molecule has 1 saturated heterocycles. The van der Waals surface area contributed by atoms with E-state index >= 15 is 0 Å². The quantitative estimate of drug-likeness (QED) is 0.895. The molecule has 3 heteroatoms. The van der Waals surface area contributed by atoms with E-state index in [4.69, 9.17) is 4.74 Å². The van der Waals surface area contributed by atoms with Crippen molar-refractivity contribution in [2.24, 2.45) is 0 Å². The molecule has 5 rings (SSSR count). The number of piperidine rings is 1.